The number of carbonyl (C=O) groups is 1. The number of aromatic nitrogens is 2. The van der Waals surface area contributed by atoms with Crippen LogP contribution in [0, 0.1) is 0 Å². The topological polar surface area (TPSA) is 59.0 Å². The Hall–Kier alpha value is -1.34. The molecule has 0 aliphatic rings. The summed E-state index contributed by atoms with van der Waals surface area (Å²) in [5, 5.41) is 12.0. The largest absolute Gasteiger partial charge is 0.378 e. The minimum atomic E-state index is -0.0642. The first-order valence-corrected chi connectivity index (χ1v) is 7.05. The number of nitrogens with zero attached hydrogens (tertiary/aromatic N) is 2. The van der Waals surface area contributed by atoms with E-state index in [-0.39, 0.29) is 12.5 Å². The molecule has 18 heavy (non-hydrogen) atoms. The molecule has 0 aliphatic carbocycles. The summed E-state index contributed by atoms with van der Waals surface area (Å²) >= 11 is 5.17. The molecule has 2 aromatic heterocycles. The first-order chi connectivity index (χ1) is 8.69. The summed E-state index contributed by atoms with van der Waals surface area (Å²) in [6, 6.07) is 2.02. The van der Waals surface area contributed by atoms with Crippen molar-refractivity contribution in [3.8, 4) is 0 Å². The average Bonchev–Trinajstić information content (AvgIpc) is 2.96. The van der Waals surface area contributed by atoms with Crippen LogP contribution in [0.4, 0.5) is 5.69 Å². The summed E-state index contributed by atoms with van der Waals surface area (Å²) in [4.78, 5) is 12.4. The SMILES string of the molecule is CNC(=O)Cn1cc(NCc2sccc2Br)cn1. The van der Waals surface area contributed by atoms with Crippen molar-refractivity contribution < 1.29 is 4.79 Å². The smallest absolute Gasteiger partial charge is 0.241 e. The number of thiophene rings is 1. The Balaban J connectivity index is 1.91. The van der Waals surface area contributed by atoms with Gasteiger partial charge in [-0.25, -0.2) is 0 Å². The summed E-state index contributed by atoms with van der Waals surface area (Å²) in [5.41, 5.74) is 0.902. The summed E-state index contributed by atoms with van der Waals surface area (Å²) < 4.78 is 2.71. The Morgan fingerprint density at radius 2 is 2.44 bits per heavy atom. The van der Waals surface area contributed by atoms with Gasteiger partial charge in [0.1, 0.15) is 6.54 Å². The van der Waals surface area contributed by atoms with Gasteiger partial charge in [-0.1, -0.05) is 0 Å². The number of likely N-dealkylation sites (N-methyl/N-ethyl adjacent to an activating group) is 1. The minimum Gasteiger partial charge on any atom is -0.378 e. The van der Waals surface area contributed by atoms with Gasteiger partial charge in [-0.2, -0.15) is 5.10 Å². The predicted molar refractivity (Wildman–Crippen MR) is 75.6 cm³/mol. The number of hydrogen-bond donors (Lipinski definition) is 2. The molecule has 0 bridgehead atoms. The van der Waals surface area contributed by atoms with Gasteiger partial charge in [0.25, 0.3) is 0 Å². The highest BCUT2D eigenvalue weighted by molar-refractivity contribution is 9.10. The number of nitrogens with one attached hydrogen (secondary N) is 2. The summed E-state index contributed by atoms with van der Waals surface area (Å²) in [6.45, 7) is 0.977. The fourth-order valence-corrected chi connectivity index (χ4v) is 2.83. The van der Waals surface area contributed by atoms with Crippen molar-refractivity contribution in [3.63, 3.8) is 0 Å². The van der Waals surface area contributed by atoms with Crippen LogP contribution in [-0.2, 0) is 17.9 Å². The maximum atomic E-state index is 11.2. The molecule has 1 amide bonds. The second-order valence-corrected chi connectivity index (χ2v) is 5.50. The molecule has 0 saturated carbocycles. The lowest BCUT2D eigenvalue weighted by atomic mass is 10.4. The van der Waals surface area contributed by atoms with Crippen molar-refractivity contribution in [1.29, 1.82) is 0 Å². The number of carbonyl (C=O) groups excluding carboxylic acids is 1. The molecule has 2 rings (SSSR count). The normalized spacial score (nSPS) is 10.3. The molecule has 0 aliphatic heterocycles. The van der Waals surface area contributed by atoms with Gasteiger partial charge in [0, 0.05) is 22.6 Å². The van der Waals surface area contributed by atoms with Gasteiger partial charge in [-0.3, -0.25) is 9.48 Å². The third kappa shape index (κ3) is 3.33. The molecule has 0 fully saturated rings. The predicted octanol–water partition coefficient (Wildman–Crippen LogP) is 2.07. The van der Waals surface area contributed by atoms with Crippen LogP contribution in [0.25, 0.3) is 0 Å². The second kappa shape index (κ2) is 6.01. The van der Waals surface area contributed by atoms with Crippen LogP contribution in [0.5, 0.6) is 0 Å². The number of amides is 1. The van der Waals surface area contributed by atoms with Gasteiger partial charge < -0.3 is 10.6 Å². The molecule has 5 nitrogen and oxygen atoms in total. The number of rotatable bonds is 5. The number of anilines is 1. The average molecular weight is 329 g/mol. The van der Waals surface area contributed by atoms with E-state index in [2.05, 4.69) is 31.7 Å². The van der Waals surface area contributed by atoms with E-state index in [9.17, 15) is 4.79 Å². The Bertz CT molecular complexity index is 537. The van der Waals surface area contributed by atoms with E-state index in [4.69, 9.17) is 0 Å². The second-order valence-electron chi connectivity index (χ2n) is 3.65. The quantitative estimate of drug-likeness (QED) is 0.883. The molecule has 2 aromatic rings. The lowest BCUT2D eigenvalue weighted by Gasteiger charge is -2.02. The highest BCUT2D eigenvalue weighted by Crippen LogP contribution is 2.23. The zero-order valence-corrected chi connectivity index (χ0v) is 12.2. The highest BCUT2D eigenvalue weighted by Gasteiger charge is 2.04. The Labute approximate surface area is 117 Å². The molecule has 0 unspecified atom stereocenters. The van der Waals surface area contributed by atoms with E-state index in [1.807, 2.05) is 17.6 Å². The van der Waals surface area contributed by atoms with Crippen molar-refractivity contribution in [2.75, 3.05) is 12.4 Å². The van der Waals surface area contributed by atoms with E-state index >= 15 is 0 Å². The molecule has 2 heterocycles. The van der Waals surface area contributed by atoms with Crippen LogP contribution in [0.1, 0.15) is 4.88 Å². The van der Waals surface area contributed by atoms with Crippen molar-refractivity contribution in [2.24, 2.45) is 0 Å². The maximum Gasteiger partial charge on any atom is 0.241 e. The minimum absolute atomic E-state index is 0.0642. The number of halogens is 1. The maximum absolute atomic E-state index is 11.2. The summed E-state index contributed by atoms with van der Waals surface area (Å²) in [7, 11) is 1.61. The van der Waals surface area contributed by atoms with Crippen LogP contribution in [-0.4, -0.2) is 22.7 Å². The molecule has 0 spiro atoms. The van der Waals surface area contributed by atoms with Gasteiger partial charge in [-0.05, 0) is 27.4 Å². The third-order valence-corrected chi connectivity index (χ3v) is 4.29. The van der Waals surface area contributed by atoms with Crippen molar-refractivity contribution in [3.05, 3.63) is 33.2 Å². The molecule has 0 radical (unpaired) electrons. The number of hydrogen-bond acceptors (Lipinski definition) is 4. The van der Waals surface area contributed by atoms with Crippen molar-refractivity contribution in [1.82, 2.24) is 15.1 Å². The van der Waals surface area contributed by atoms with Crippen LogP contribution in [0.3, 0.4) is 0 Å². The molecular formula is C11H13BrN4OS. The molecule has 96 valence electrons. The first-order valence-electron chi connectivity index (χ1n) is 5.38. The Morgan fingerprint density at radius 3 is 3.11 bits per heavy atom. The first kappa shape index (κ1) is 13.1. The molecule has 0 atom stereocenters. The monoisotopic (exact) mass is 328 g/mol. The molecule has 7 heteroatoms. The van der Waals surface area contributed by atoms with E-state index in [1.165, 1.54) is 4.88 Å². The summed E-state index contributed by atoms with van der Waals surface area (Å²) in [6.07, 6.45) is 3.53. The van der Waals surface area contributed by atoms with Crippen LogP contribution >= 0.6 is 27.3 Å². The lowest BCUT2D eigenvalue weighted by Crippen LogP contribution is -2.23. The molecular weight excluding hydrogens is 316 g/mol. The zero-order chi connectivity index (χ0) is 13.0. The standard InChI is InChI=1S/C11H13BrN4OS/c1-13-11(17)7-16-6-8(4-15-16)14-5-10-9(12)2-3-18-10/h2-4,6,14H,5,7H2,1H3,(H,13,17). The van der Waals surface area contributed by atoms with Crippen molar-refractivity contribution >= 4 is 38.9 Å². The Kier molecular flexibility index (Phi) is 4.38. The van der Waals surface area contributed by atoms with Gasteiger partial charge >= 0.3 is 0 Å². The van der Waals surface area contributed by atoms with Gasteiger partial charge in [-0.15, -0.1) is 11.3 Å². The van der Waals surface area contributed by atoms with Crippen LogP contribution in [0.2, 0.25) is 0 Å². The van der Waals surface area contributed by atoms with Crippen molar-refractivity contribution in [2.45, 2.75) is 13.1 Å². The van der Waals surface area contributed by atoms with Crippen LogP contribution in [0.15, 0.2) is 28.3 Å². The zero-order valence-electron chi connectivity index (χ0n) is 9.81. The molecule has 2 N–H and O–H groups in total. The van der Waals surface area contributed by atoms with Gasteiger partial charge in [0.2, 0.25) is 5.91 Å². The molecule has 0 saturated heterocycles. The fourth-order valence-electron chi connectivity index (χ4n) is 1.40. The molecule has 0 aromatic carbocycles. The van der Waals surface area contributed by atoms with E-state index in [0.717, 1.165) is 16.7 Å². The van der Waals surface area contributed by atoms with E-state index in [0.29, 0.717) is 0 Å². The fraction of sp³-hybridized carbons (Fsp3) is 0.273. The Morgan fingerprint density at radius 1 is 1.61 bits per heavy atom. The third-order valence-electron chi connectivity index (χ3n) is 2.36. The summed E-state index contributed by atoms with van der Waals surface area (Å²) in [5.74, 6) is -0.0642. The van der Waals surface area contributed by atoms with Gasteiger partial charge in [0.05, 0.1) is 18.4 Å². The van der Waals surface area contributed by atoms with E-state index in [1.54, 1.807) is 29.3 Å². The highest BCUT2D eigenvalue weighted by atomic mass is 79.9. The van der Waals surface area contributed by atoms with Gasteiger partial charge in [0.15, 0.2) is 0 Å². The lowest BCUT2D eigenvalue weighted by molar-refractivity contribution is -0.121. The van der Waals surface area contributed by atoms with E-state index < -0.39 is 0 Å². The van der Waals surface area contributed by atoms with Crippen LogP contribution < -0.4 is 10.6 Å².